The standard InChI is InChI=1S/C13H19NO6/c1-19-8-4-2-3-7(5-8)14-13-12(18)11(17)10(16)9(6-15)20-13/h2-5,9-18H,6H2,1H3/t9-,10+,11+,12-,13-/m1/s1. The Morgan fingerprint density at radius 3 is 2.60 bits per heavy atom. The summed E-state index contributed by atoms with van der Waals surface area (Å²) in [6, 6.07) is 6.95. The Kier molecular flexibility index (Phi) is 4.79. The van der Waals surface area contributed by atoms with Gasteiger partial charge in [0, 0.05) is 11.8 Å². The van der Waals surface area contributed by atoms with E-state index in [1.165, 1.54) is 7.11 Å². The number of ether oxygens (including phenoxy) is 2. The van der Waals surface area contributed by atoms with Crippen LogP contribution in [0.1, 0.15) is 0 Å². The van der Waals surface area contributed by atoms with E-state index in [-0.39, 0.29) is 0 Å². The van der Waals surface area contributed by atoms with Gasteiger partial charge in [0.1, 0.15) is 30.2 Å². The second-order valence-corrected chi connectivity index (χ2v) is 4.63. The molecule has 0 saturated carbocycles. The molecule has 7 nitrogen and oxygen atoms in total. The van der Waals surface area contributed by atoms with Crippen LogP contribution in [-0.4, -0.2) is 64.8 Å². The van der Waals surface area contributed by atoms with Crippen molar-refractivity contribution in [1.29, 1.82) is 0 Å². The Labute approximate surface area is 116 Å². The summed E-state index contributed by atoms with van der Waals surface area (Å²) in [5, 5.41) is 41.3. The minimum atomic E-state index is -1.40. The van der Waals surface area contributed by atoms with E-state index in [1.54, 1.807) is 24.3 Å². The molecule has 0 aromatic heterocycles. The van der Waals surface area contributed by atoms with Crippen molar-refractivity contribution in [3.63, 3.8) is 0 Å². The fourth-order valence-electron chi connectivity index (χ4n) is 2.10. The Hall–Kier alpha value is -1.38. The van der Waals surface area contributed by atoms with Crippen LogP contribution in [0.15, 0.2) is 24.3 Å². The van der Waals surface area contributed by atoms with E-state index in [2.05, 4.69) is 5.32 Å². The van der Waals surface area contributed by atoms with Crippen molar-refractivity contribution >= 4 is 5.69 Å². The summed E-state index contributed by atoms with van der Waals surface area (Å²) in [5.41, 5.74) is 0.619. The lowest BCUT2D eigenvalue weighted by Gasteiger charge is -2.40. The topological polar surface area (TPSA) is 111 Å². The van der Waals surface area contributed by atoms with Crippen LogP contribution in [0.3, 0.4) is 0 Å². The minimum absolute atomic E-state index is 0.457. The summed E-state index contributed by atoms with van der Waals surface area (Å²) >= 11 is 0. The predicted octanol–water partition coefficient (Wildman–Crippen LogP) is -1.09. The van der Waals surface area contributed by atoms with Gasteiger partial charge in [0.25, 0.3) is 0 Å². The van der Waals surface area contributed by atoms with E-state index in [9.17, 15) is 15.3 Å². The molecule has 2 rings (SSSR count). The number of aliphatic hydroxyl groups excluding tert-OH is 4. The first kappa shape index (κ1) is 15.0. The van der Waals surface area contributed by atoms with Crippen LogP contribution < -0.4 is 10.1 Å². The Balaban J connectivity index is 2.10. The summed E-state index contributed by atoms with van der Waals surface area (Å²) in [5.74, 6) is 0.625. The molecule has 5 atom stereocenters. The van der Waals surface area contributed by atoms with Crippen LogP contribution in [0, 0.1) is 0 Å². The van der Waals surface area contributed by atoms with E-state index < -0.39 is 37.3 Å². The van der Waals surface area contributed by atoms with E-state index in [0.29, 0.717) is 11.4 Å². The number of aliphatic hydroxyl groups is 4. The molecule has 7 heteroatoms. The zero-order valence-electron chi connectivity index (χ0n) is 11.0. The molecule has 1 aromatic rings. The third kappa shape index (κ3) is 3.02. The highest BCUT2D eigenvalue weighted by atomic mass is 16.6. The fraction of sp³-hybridized carbons (Fsp3) is 0.538. The largest absolute Gasteiger partial charge is 0.497 e. The second-order valence-electron chi connectivity index (χ2n) is 4.63. The monoisotopic (exact) mass is 285 g/mol. The number of benzene rings is 1. The second kappa shape index (κ2) is 6.38. The van der Waals surface area contributed by atoms with E-state index >= 15 is 0 Å². The molecule has 0 unspecified atom stereocenters. The van der Waals surface area contributed by atoms with Crippen LogP contribution in [-0.2, 0) is 4.74 Å². The Morgan fingerprint density at radius 2 is 1.95 bits per heavy atom. The number of hydrogen-bond donors (Lipinski definition) is 5. The van der Waals surface area contributed by atoms with Crippen molar-refractivity contribution in [2.75, 3.05) is 19.0 Å². The zero-order valence-corrected chi connectivity index (χ0v) is 11.0. The molecule has 20 heavy (non-hydrogen) atoms. The third-order valence-corrected chi connectivity index (χ3v) is 3.27. The number of anilines is 1. The summed E-state index contributed by atoms with van der Waals surface area (Å²) in [6.07, 6.45) is -5.96. The normalized spacial score (nSPS) is 33.8. The third-order valence-electron chi connectivity index (χ3n) is 3.27. The molecular weight excluding hydrogens is 266 g/mol. The van der Waals surface area contributed by atoms with Gasteiger partial charge in [-0.3, -0.25) is 0 Å². The molecular formula is C13H19NO6. The first-order valence-corrected chi connectivity index (χ1v) is 6.28. The van der Waals surface area contributed by atoms with Crippen LogP contribution in [0.4, 0.5) is 5.69 Å². The van der Waals surface area contributed by atoms with Crippen LogP contribution >= 0.6 is 0 Å². The van der Waals surface area contributed by atoms with Crippen LogP contribution in [0.5, 0.6) is 5.75 Å². The zero-order chi connectivity index (χ0) is 14.7. The van der Waals surface area contributed by atoms with E-state index in [0.717, 1.165) is 0 Å². The van der Waals surface area contributed by atoms with Crippen molar-refractivity contribution in [3.05, 3.63) is 24.3 Å². The molecule has 1 aromatic carbocycles. The lowest BCUT2D eigenvalue weighted by molar-refractivity contribution is -0.221. The van der Waals surface area contributed by atoms with Gasteiger partial charge in [0.15, 0.2) is 6.23 Å². The van der Waals surface area contributed by atoms with Crippen LogP contribution in [0.25, 0.3) is 0 Å². The van der Waals surface area contributed by atoms with Gasteiger partial charge in [-0.15, -0.1) is 0 Å². The van der Waals surface area contributed by atoms with Gasteiger partial charge in [0.2, 0.25) is 0 Å². The number of nitrogens with one attached hydrogen (secondary N) is 1. The molecule has 0 amide bonds. The highest BCUT2D eigenvalue weighted by Gasteiger charge is 2.43. The molecule has 1 aliphatic heterocycles. The summed E-state index contributed by atoms with van der Waals surface area (Å²) in [6.45, 7) is -0.457. The molecule has 0 aliphatic carbocycles. The molecule has 0 radical (unpaired) electrons. The molecule has 1 aliphatic rings. The first-order valence-electron chi connectivity index (χ1n) is 6.28. The van der Waals surface area contributed by atoms with Crippen molar-refractivity contribution < 1.29 is 29.9 Å². The SMILES string of the molecule is COc1cccc(N[C@@H]2O[C@H](CO)[C@H](O)[C@H](O)[C@H]2O)c1. The Bertz CT molecular complexity index is 441. The summed E-state index contributed by atoms with van der Waals surface area (Å²) < 4.78 is 10.4. The van der Waals surface area contributed by atoms with Crippen molar-refractivity contribution in [2.24, 2.45) is 0 Å². The van der Waals surface area contributed by atoms with E-state index in [4.69, 9.17) is 14.6 Å². The van der Waals surface area contributed by atoms with Crippen molar-refractivity contribution in [1.82, 2.24) is 0 Å². The number of hydrogen-bond acceptors (Lipinski definition) is 7. The summed E-state index contributed by atoms with van der Waals surface area (Å²) in [7, 11) is 1.53. The van der Waals surface area contributed by atoms with Gasteiger partial charge in [-0.1, -0.05) is 6.07 Å². The first-order chi connectivity index (χ1) is 9.56. The van der Waals surface area contributed by atoms with Gasteiger partial charge in [-0.25, -0.2) is 0 Å². The highest BCUT2D eigenvalue weighted by Crippen LogP contribution is 2.24. The van der Waals surface area contributed by atoms with Gasteiger partial charge >= 0.3 is 0 Å². The van der Waals surface area contributed by atoms with E-state index in [1.807, 2.05) is 0 Å². The van der Waals surface area contributed by atoms with Gasteiger partial charge in [-0.05, 0) is 12.1 Å². The maximum Gasteiger partial charge on any atom is 0.157 e. The molecule has 5 N–H and O–H groups in total. The summed E-state index contributed by atoms with van der Waals surface area (Å²) in [4.78, 5) is 0. The lowest BCUT2D eigenvalue weighted by Crippen LogP contribution is -2.60. The van der Waals surface area contributed by atoms with Crippen molar-refractivity contribution in [2.45, 2.75) is 30.6 Å². The maximum absolute atomic E-state index is 9.90. The fourth-order valence-corrected chi connectivity index (χ4v) is 2.10. The quantitative estimate of drug-likeness (QED) is 0.478. The smallest absolute Gasteiger partial charge is 0.157 e. The van der Waals surface area contributed by atoms with Crippen LogP contribution in [0.2, 0.25) is 0 Å². The van der Waals surface area contributed by atoms with Gasteiger partial charge in [-0.2, -0.15) is 0 Å². The number of rotatable bonds is 4. The Morgan fingerprint density at radius 1 is 1.20 bits per heavy atom. The molecule has 1 saturated heterocycles. The average Bonchev–Trinajstić information content (AvgIpc) is 2.48. The molecule has 112 valence electrons. The van der Waals surface area contributed by atoms with Gasteiger partial charge in [0.05, 0.1) is 13.7 Å². The lowest BCUT2D eigenvalue weighted by atomic mass is 9.98. The molecule has 1 heterocycles. The predicted molar refractivity (Wildman–Crippen MR) is 70.4 cm³/mol. The minimum Gasteiger partial charge on any atom is -0.497 e. The molecule has 0 bridgehead atoms. The molecule has 0 spiro atoms. The average molecular weight is 285 g/mol. The molecule has 1 fully saturated rings. The van der Waals surface area contributed by atoms with Gasteiger partial charge < -0.3 is 35.2 Å². The maximum atomic E-state index is 9.90. The van der Waals surface area contributed by atoms with Crippen molar-refractivity contribution in [3.8, 4) is 5.75 Å². The number of methoxy groups -OCH3 is 1. The highest BCUT2D eigenvalue weighted by molar-refractivity contribution is 5.48.